The molecule has 1 aliphatic rings. The summed E-state index contributed by atoms with van der Waals surface area (Å²) in [5.74, 6) is 0.873. The maximum absolute atomic E-state index is 8.87. The van der Waals surface area contributed by atoms with E-state index in [2.05, 4.69) is 6.92 Å². The Hall–Kier alpha value is -0.730. The molecule has 1 aliphatic heterocycles. The van der Waals surface area contributed by atoms with Gasteiger partial charge in [-0.3, -0.25) is 0 Å². The van der Waals surface area contributed by atoms with Gasteiger partial charge in [0, 0.05) is 6.61 Å². The normalized spacial score (nSPS) is 14.4. The van der Waals surface area contributed by atoms with Crippen LogP contribution in [0.4, 0.5) is 0 Å². The molecular formula is C13H17ClO2. The van der Waals surface area contributed by atoms with Crippen LogP contribution in [0.2, 0.25) is 5.02 Å². The van der Waals surface area contributed by atoms with Crippen molar-refractivity contribution < 1.29 is 9.84 Å². The van der Waals surface area contributed by atoms with Crippen LogP contribution >= 0.6 is 11.6 Å². The van der Waals surface area contributed by atoms with E-state index in [4.69, 9.17) is 21.4 Å². The van der Waals surface area contributed by atoms with E-state index in [1.165, 1.54) is 16.7 Å². The minimum absolute atomic E-state index is 0.227. The lowest BCUT2D eigenvalue weighted by molar-refractivity contribution is 0.285. The third kappa shape index (κ3) is 2.18. The van der Waals surface area contributed by atoms with Gasteiger partial charge in [-0.15, -0.1) is 0 Å². The van der Waals surface area contributed by atoms with Gasteiger partial charge in [0.1, 0.15) is 5.75 Å². The molecule has 0 bridgehead atoms. The summed E-state index contributed by atoms with van der Waals surface area (Å²) in [6.07, 6.45) is 3.79. The Morgan fingerprint density at radius 1 is 1.50 bits per heavy atom. The van der Waals surface area contributed by atoms with Crippen molar-refractivity contribution in [1.82, 2.24) is 0 Å². The fourth-order valence-corrected chi connectivity index (χ4v) is 2.54. The molecule has 16 heavy (non-hydrogen) atoms. The van der Waals surface area contributed by atoms with E-state index >= 15 is 0 Å². The number of rotatable bonds is 3. The van der Waals surface area contributed by atoms with Crippen molar-refractivity contribution in [2.75, 3.05) is 13.2 Å². The first-order valence-corrected chi connectivity index (χ1v) is 6.16. The van der Waals surface area contributed by atoms with Crippen LogP contribution < -0.4 is 4.74 Å². The third-order valence-electron chi connectivity index (χ3n) is 3.15. The SMILES string of the molecule is Cc1c(CCCO)cc(Cl)c2c1CCCO2. The Bertz CT molecular complexity index is 388. The van der Waals surface area contributed by atoms with Crippen molar-refractivity contribution in [3.8, 4) is 5.75 Å². The van der Waals surface area contributed by atoms with Gasteiger partial charge in [0.15, 0.2) is 0 Å². The molecule has 0 saturated carbocycles. The zero-order valence-electron chi connectivity index (χ0n) is 9.55. The number of hydrogen-bond acceptors (Lipinski definition) is 2. The van der Waals surface area contributed by atoms with Crippen LogP contribution in [0.3, 0.4) is 0 Å². The molecule has 0 unspecified atom stereocenters. The summed E-state index contributed by atoms with van der Waals surface area (Å²) in [6, 6.07) is 1.98. The molecule has 1 heterocycles. The molecule has 0 spiro atoms. The Labute approximate surface area is 101 Å². The molecular weight excluding hydrogens is 224 g/mol. The second kappa shape index (κ2) is 5.07. The Balaban J connectivity index is 2.37. The van der Waals surface area contributed by atoms with Crippen LogP contribution in [0.25, 0.3) is 0 Å². The summed E-state index contributed by atoms with van der Waals surface area (Å²) in [5, 5.41) is 9.58. The summed E-state index contributed by atoms with van der Waals surface area (Å²) >= 11 is 6.21. The number of fused-ring (bicyclic) bond motifs is 1. The minimum Gasteiger partial charge on any atom is -0.492 e. The minimum atomic E-state index is 0.227. The molecule has 0 amide bonds. The lowest BCUT2D eigenvalue weighted by atomic mass is 9.94. The lowest BCUT2D eigenvalue weighted by Gasteiger charge is -2.22. The van der Waals surface area contributed by atoms with Gasteiger partial charge >= 0.3 is 0 Å². The highest BCUT2D eigenvalue weighted by Crippen LogP contribution is 2.37. The average molecular weight is 241 g/mol. The van der Waals surface area contributed by atoms with Crippen LogP contribution in [-0.4, -0.2) is 18.3 Å². The highest BCUT2D eigenvalue weighted by molar-refractivity contribution is 6.32. The number of aryl methyl sites for hydroxylation is 1. The maximum atomic E-state index is 8.87. The Morgan fingerprint density at radius 3 is 3.06 bits per heavy atom. The predicted molar refractivity (Wildman–Crippen MR) is 65.4 cm³/mol. The molecule has 2 rings (SSSR count). The highest BCUT2D eigenvalue weighted by atomic mass is 35.5. The molecule has 0 saturated heterocycles. The summed E-state index contributed by atoms with van der Waals surface area (Å²) in [7, 11) is 0. The molecule has 0 aromatic heterocycles. The van der Waals surface area contributed by atoms with Gasteiger partial charge < -0.3 is 9.84 Å². The van der Waals surface area contributed by atoms with Crippen molar-refractivity contribution in [1.29, 1.82) is 0 Å². The van der Waals surface area contributed by atoms with Gasteiger partial charge in [-0.1, -0.05) is 11.6 Å². The average Bonchev–Trinajstić information content (AvgIpc) is 2.32. The van der Waals surface area contributed by atoms with Crippen molar-refractivity contribution in [2.24, 2.45) is 0 Å². The van der Waals surface area contributed by atoms with Gasteiger partial charge in [0.25, 0.3) is 0 Å². The van der Waals surface area contributed by atoms with Gasteiger partial charge in [-0.05, 0) is 55.4 Å². The third-order valence-corrected chi connectivity index (χ3v) is 3.43. The van der Waals surface area contributed by atoms with E-state index in [0.29, 0.717) is 5.02 Å². The van der Waals surface area contributed by atoms with Crippen molar-refractivity contribution in [2.45, 2.75) is 32.6 Å². The van der Waals surface area contributed by atoms with E-state index in [1.54, 1.807) is 0 Å². The molecule has 1 aromatic carbocycles. The van der Waals surface area contributed by atoms with Crippen LogP contribution in [0.5, 0.6) is 5.75 Å². The fraction of sp³-hybridized carbons (Fsp3) is 0.538. The summed E-state index contributed by atoms with van der Waals surface area (Å²) in [4.78, 5) is 0. The largest absolute Gasteiger partial charge is 0.492 e. The summed E-state index contributed by atoms with van der Waals surface area (Å²) in [5.41, 5.74) is 3.78. The van der Waals surface area contributed by atoms with Crippen LogP contribution in [0.15, 0.2) is 6.07 Å². The standard InChI is InChI=1S/C13H17ClO2/c1-9-10(4-2-6-15)8-12(14)13-11(9)5-3-7-16-13/h8,15H,2-7H2,1H3. The molecule has 1 N–H and O–H groups in total. The molecule has 2 nitrogen and oxygen atoms in total. The number of aliphatic hydroxyl groups is 1. The van der Waals surface area contributed by atoms with Gasteiger partial charge in [0.2, 0.25) is 0 Å². The predicted octanol–water partition coefficient (Wildman–Crippen LogP) is 2.90. The zero-order valence-corrected chi connectivity index (χ0v) is 10.3. The molecule has 0 atom stereocenters. The van der Waals surface area contributed by atoms with Gasteiger partial charge in [-0.2, -0.15) is 0 Å². The molecule has 1 aromatic rings. The first kappa shape index (κ1) is 11.7. The number of aliphatic hydroxyl groups excluding tert-OH is 1. The molecule has 0 radical (unpaired) electrons. The van der Waals surface area contributed by atoms with E-state index in [9.17, 15) is 0 Å². The number of ether oxygens (including phenoxy) is 1. The first-order valence-electron chi connectivity index (χ1n) is 5.78. The van der Waals surface area contributed by atoms with E-state index in [0.717, 1.165) is 38.0 Å². The van der Waals surface area contributed by atoms with Crippen LogP contribution in [-0.2, 0) is 12.8 Å². The highest BCUT2D eigenvalue weighted by Gasteiger charge is 2.18. The maximum Gasteiger partial charge on any atom is 0.141 e. The number of halogens is 1. The summed E-state index contributed by atoms with van der Waals surface area (Å²) in [6.45, 7) is 3.11. The number of benzene rings is 1. The quantitative estimate of drug-likeness (QED) is 0.881. The van der Waals surface area contributed by atoms with Gasteiger partial charge in [0.05, 0.1) is 11.6 Å². The monoisotopic (exact) mass is 240 g/mol. The van der Waals surface area contributed by atoms with E-state index in [-0.39, 0.29) is 6.61 Å². The summed E-state index contributed by atoms with van der Waals surface area (Å²) < 4.78 is 5.61. The van der Waals surface area contributed by atoms with Crippen molar-refractivity contribution in [3.63, 3.8) is 0 Å². The van der Waals surface area contributed by atoms with E-state index < -0.39 is 0 Å². The zero-order chi connectivity index (χ0) is 11.5. The van der Waals surface area contributed by atoms with Crippen molar-refractivity contribution in [3.05, 3.63) is 27.8 Å². The Kier molecular flexibility index (Phi) is 3.72. The van der Waals surface area contributed by atoms with Gasteiger partial charge in [-0.25, -0.2) is 0 Å². The second-order valence-corrected chi connectivity index (χ2v) is 4.64. The fourth-order valence-electron chi connectivity index (χ4n) is 2.24. The Morgan fingerprint density at radius 2 is 2.31 bits per heavy atom. The van der Waals surface area contributed by atoms with Crippen molar-refractivity contribution >= 4 is 11.6 Å². The smallest absolute Gasteiger partial charge is 0.141 e. The molecule has 88 valence electrons. The number of hydrogen-bond donors (Lipinski definition) is 1. The lowest BCUT2D eigenvalue weighted by Crippen LogP contribution is -2.11. The topological polar surface area (TPSA) is 29.5 Å². The molecule has 0 fully saturated rings. The van der Waals surface area contributed by atoms with Crippen LogP contribution in [0, 0.1) is 6.92 Å². The molecule has 0 aliphatic carbocycles. The van der Waals surface area contributed by atoms with Crippen LogP contribution in [0.1, 0.15) is 29.5 Å². The molecule has 3 heteroatoms. The first-order chi connectivity index (χ1) is 7.74. The van der Waals surface area contributed by atoms with E-state index in [1.807, 2.05) is 6.07 Å². The second-order valence-electron chi connectivity index (χ2n) is 4.23.